The maximum atomic E-state index is 6.00. The van der Waals surface area contributed by atoms with Gasteiger partial charge in [0.15, 0.2) is 5.82 Å². The Morgan fingerprint density at radius 1 is 0.929 bits per heavy atom. The first kappa shape index (κ1) is 18.8. The van der Waals surface area contributed by atoms with Gasteiger partial charge in [-0.3, -0.25) is 9.88 Å². The molecule has 0 radical (unpaired) electrons. The molecule has 2 aromatic heterocycles. The number of halogens is 1. The van der Waals surface area contributed by atoms with Crippen LogP contribution in [-0.2, 0) is 6.54 Å². The first-order valence-electron chi connectivity index (χ1n) is 9.65. The number of hydrogen-bond acceptors (Lipinski definition) is 5. The van der Waals surface area contributed by atoms with E-state index in [1.54, 1.807) is 12.4 Å². The molecule has 0 unspecified atom stereocenters. The van der Waals surface area contributed by atoms with Crippen molar-refractivity contribution in [2.24, 2.45) is 0 Å². The van der Waals surface area contributed by atoms with Crippen molar-refractivity contribution in [2.45, 2.75) is 19.9 Å². The molecule has 3 heterocycles. The predicted octanol–water partition coefficient (Wildman–Crippen LogP) is 4.21. The predicted molar refractivity (Wildman–Crippen MR) is 114 cm³/mol. The summed E-state index contributed by atoms with van der Waals surface area (Å²) in [5.41, 5.74) is 3.29. The van der Waals surface area contributed by atoms with Crippen LogP contribution in [0.5, 0.6) is 0 Å². The summed E-state index contributed by atoms with van der Waals surface area (Å²) in [6.07, 6.45) is 4.67. The highest BCUT2D eigenvalue weighted by molar-refractivity contribution is 6.30. The third-order valence-electron chi connectivity index (χ3n) is 5.01. The van der Waals surface area contributed by atoms with Gasteiger partial charge in [0, 0.05) is 67.5 Å². The van der Waals surface area contributed by atoms with E-state index >= 15 is 0 Å². The molecule has 0 saturated carbocycles. The zero-order valence-electron chi connectivity index (χ0n) is 16.1. The summed E-state index contributed by atoms with van der Waals surface area (Å²) in [5, 5.41) is 0.787. The molecule has 144 valence electrons. The number of benzene rings is 1. The molecule has 0 atom stereocenters. The van der Waals surface area contributed by atoms with Crippen molar-refractivity contribution in [1.82, 2.24) is 19.9 Å². The third-order valence-corrected chi connectivity index (χ3v) is 5.26. The average Bonchev–Trinajstić information content (AvgIpc) is 2.96. The zero-order chi connectivity index (χ0) is 19.3. The molecule has 0 spiro atoms. The van der Waals surface area contributed by atoms with E-state index in [0.29, 0.717) is 0 Å². The molecule has 0 bridgehead atoms. The molecule has 1 aliphatic rings. The Kier molecular flexibility index (Phi) is 5.84. The second kappa shape index (κ2) is 8.67. The summed E-state index contributed by atoms with van der Waals surface area (Å²) >= 11 is 6.00. The van der Waals surface area contributed by atoms with E-state index in [1.807, 2.05) is 31.2 Å². The first-order chi connectivity index (χ1) is 13.7. The van der Waals surface area contributed by atoms with Gasteiger partial charge >= 0.3 is 0 Å². The van der Waals surface area contributed by atoms with E-state index < -0.39 is 0 Å². The van der Waals surface area contributed by atoms with Crippen LogP contribution in [0.15, 0.2) is 54.9 Å². The number of aryl methyl sites for hydroxylation is 1. The summed E-state index contributed by atoms with van der Waals surface area (Å²) < 4.78 is 0. The minimum Gasteiger partial charge on any atom is -0.355 e. The van der Waals surface area contributed by atoms with Gasteiger partial charge in [-0.05, 0) is 43.2 Å². The van der Waals surface area contributed by atoms with Gasteiger partial charge in [0.2, 0.25) is 0 Å². The number of rotatable bonds is 4. The Hall–Kier alpha value is -2.50. The van der Waals surface area contributed by atoms with Crippen LogP contribution in [0.3, 0.4) is 0 Å². The fourth-order valence-corrected chi connectivity index (χ4v) is 3.68. The van der Waals surface area contributed by atoms with Gasteiger partial charge in [-0.1, -0.05) is 23.7 Å². The summed E-state index contributed by atoms with van der Waals surface area (Å²) in [7, 11) is 0. The standard InChI is InChI=1S/C22H24ClN5/c1-17-15-21(26-22(25-17)19-7-9-24-10-8-19)28-12-2-11-27(13-14-28)16-18-3-5-20(23)6-4-18/h3-10,15H,2,11-14,16H2,1H3. The number of hydrogen-bond donors (Lipinski definition) is 0. The Labute approximate surface area is 171 Å². The lowest BCUT2D eigenvalue weighted by Crippen LogP contribution is -2.31. The number of aromatic nitrogens is 3. The highest BCUT2D eigenvalue weighted by atomic mass is 35.5. The quantitative estimate of drug-likeness (QED) is 0.664. The van der Waals surface area contributed by atoms with E-state index in [0.717, 1.165) is 67.1 Å². The minimum absolute atomic E-state index is 0.764. The Morgan fingerprint density at radius 3 is 2.50 bits per heavy atom. The van der Waals surface area contributed by atoms with E-state index in [9.17, 15) is 0 Å². The molecule has 5 nitrogen and oxygen atoms in total. The number of anilines is 1. The van der Waals surface area contributed by atoms with Gasteiger partial charge in [0.1, 0.15) is 5.82 Å². The maximum absolute atomic E-state index is 6.00. The molecular weight excluding hydrogens is 370 g/mol. The molecule has 3 aromatic rings. The molecule has 0 N–H and O–H groups in total. The van der Waals surface area contributed by atoms with Crippen LogP contribution in [-0.4, -0.2) is 46.0 Å². The molecule has 0 amide bonds. The number of nitrogens with zero attached hydrogens (tertiary/aromatic N) is 5. The van der Waals surface area contributed by atoms with Gasteiger partial charge in [0.05, 0.1) is 0 Å². The molecule has 1 aliphatic heterocycles. The number of pyridine rings is 1. The van der Waals surface area contributed by atoms with Gasteiger partial charge < -0.3 is 4.90 Å². The fraction of sp³-hybridized carbons (Fsp3) is 0.318. The molecule has 4 rings (SSSR count). The average molecular weight is 394 g/mol. The van der Waals surface area contributed by atoms with Crippen LogP contribution >= 0.6 is 11.6 Å². The maximum Gasteiger partial charge on any atom is 0.161 e. The lowest BCUT2D eigenvalue weighted by Gasteiger charge is -2.23. The van der Waals surface area contributed by atoms with Gasteiger partial charge in [-0.2, -0.15) is 0 Å². The third kappa shape index (κ3) is 4.66. The second-order valence-corrected chi connectivity index (χ2v) is 7.61. The van der Waals surface area contributed by atoms with Crippen molar-refractivity contribution >= 4 is 17.4 Å². The minimum atomic E-state index is 0.764. The van der Waals surface area contributed by atoms with Crippen molar-refractivity contribution in [1.29, 1.82) is 0 Å². The summed E-state index contributed by atoms with van der Waals surface area (Å²) in [6, 6.07) is 14.1. The summed E-state index contributed by atoms with van der Waals surface area (Å²) in [4.78, 5) is 18.4. The topological polar surface area (TPSA) is 45.2 Å². The van der Waals surface area contributed by atoms with Crippen molar-refractivity contribution in [3.63, 3.8) is 0 Å². The zero-order valence-corrected chi connectivity index (χ0v) is 16.8. The molecule has 1 fully saturated rings. The van der Waals surface area contributed by atoms with E-state index in [2.05, 4.69) is 38.0 Å². The molecule has 6 heteroatoms. The second-order valence-electron chi connectivity index (χ2n) is 7.17. The highest BCUT2D eigenvalue weighted by Gasteiger charge is 2.17. The SMILES string of the molecule is Cc1cc(N2CCCN(Cc3ccc(Cl)cc3)CC2)nc(-c2ccncc2)n1. The van der Waals surface area contributed by atoms with Gasteiger partial charge in [0.25, 0.3) is 0 Å². The van der Waals surface area contributed by atoms with Crippen LogP contribution in [0.2, 0.25) is 5.02 Å². The van der Waals surface area contributed by atoms with E-state index in [1.165, 1.54) is 5.56 Å². The Morgan fingerprint density at radius 2 is 1.71 bits per heavy atom. The molecular formula is C22H24ClN5. The Balaban J connectivity index is 1.47. The van der Waals surface area contributed by atoms with E-state index in [4.69, 9.17) is 16.6 Å². The molecule has 1 aromatic carbocycles. The fourth-order valence-electron chi connectivity index (χ4n) is 3.55. The molecule has 28 heavy (non-hydrogen) atoms. The van der Waals surface area contributed by atoms with Crippen molar-refractivity contribution in [3.05, 3.63) is 71.1 Å². The smallest absolute Gasteiger partial charge is 0.161 e. The lowest BCUT2D eigenvalue weighted by molar-refractivity contribution is 0.285. The Bertz CT molecular complexity index is 914. The van der Waals surface area contributed by atoms with Crippen LogP contribution in [0.1, 0.15) is 17.7 Å². The molecule has 0 aliphatic carbocycles. The normalized spacial score (nSPS) is 15.4. The van der Waals surface area contributed by atoms with Crippen molar-refractivity contribution in [3.8, 4) is 11.4 Å². The van der Waals surface area contributed by atoms with E-state index in [-0.39, 0.29) is 0 Å². The van der Waals surface area contributed by atoms with Crippen molar-refractivity contribution in [2.75, 3.05) is 31.1 Å². The lowest BCUT2D eigenvalue weighted by atomic mass is 10.2. The monoisotopic (exact) mass is 393 g/mol. The van der Waals surface area contributed by atoms with Gasteiger partial charge in [-0.15, -0.1) is 0 Å². The largest absolute Gasteiger partial charge is 0.355 e. The van der Waals surface area contributed by atoms with Crippen molar-refractivity contribution < 1.29 is 0 Å². The highest BCUT2D eigenvalue weighted by Crippen LogP contribution is 2.21. The first-order valence-corrected chi connectivity index (χ1v) is 10.0. The van der Waals surface area contributed by atoms with Gasteiger partial charge in [-0.25, -0.2) is 9.97 Å². The van der Waals surface area contributed by atoms with Crippen LogP contribution in [0.4, 0.5) is 5.82 Å². The summed E-state index contributed by atoms with van der Waals surface area (Å²) in [6.45, 7) is 7.04. The molecule has 1 saturated heterocycles. The summed E-state index contributed by atoms with van der Waals surface area (Å²) in [5.74, 6) is 1.77. The van der Waals surface area contributed by atoms with Crippen LogP contribution in [0.25, 0.3) is 11.4 Å². The van der Waals surface area contributed by atoms with Crippen LogP contribution in [0, 0.1) is 6.92 Å². The van der Waals surface area contributed by atoms with Crippen LogP contribution < -0.4 is 4.90 Å².